The highest BCUT2D eigenvalue weighted by molar-refractivity contribution is 5.16. The van der Waals surface area contributed by atoms with Crippen LogP contribution < -0.4 is 11.4 Å². The van der Waals surface area contributed by atoms with Crippen molar-refractivity contribution >= 4 is 0 Å². The predicted octanol–water partition coefficient (Wildman–Crippen LogP) is 1.67. The number of H-pyrrole nitrogens is 1. The SMILES string of the molecule is CC(C)(C)[C@H](N)c1n[nH]c(=O)n1Cc1ccccc1. The maximum Gasteiger partial charge on any atom is 0.343 e. The number of rotatable bonds is 3. The van der Waals surface area contributed by atoms with Gasteiger partial charge in [0.25, 0.3) is 0 Å². The minimum atomic E-state index is -0.296. The van der Waals surface area contributed by atoms with Crippen LogP contribution in [-0.2, 0) is 6.54 Å². The summed E-state index contributed by atoms with van der Waals surface area (Å²) in [5.74, 6) is 0.598. The van der Waals surface area contributed by atoms with Gasteiger partial charge >= 0.3 is 5.69 Å². The molecule has 1 aromatic heterocycles. The molecule has 0 fully saturated rings. The molecule has 5 heteroatoms. The third-order valence-corrected chi connectivity index (χ3v) is 3.18. The van der Waals surface area contributed by atoms with Crippen LogP contribution in [0.2, 0.25) is 0 Å². The Morgan fingerprint density at radius 2 is 1.95 bits per heavy atom. The lowest BCUT2D eigenvalue weighted by molar-refractivity contribution is 0.308. The Kier molecular flexibility index (Phi) is 3.57. The van der Waals surface area contributed by atoms with Crippen molar-refractivity contribution in [2.24, 2.45) is 11.1 Å². The summed E-state index contributed by atoms with van der Waals surface area (Å²) in [6.07, 6.45) is 0. The van der Waals surface area contributed by atoms with Gasteiger partial charge in [-0.15, -0.1) is 0 Å². The summed E-state index contributed by atoms with van der Waals surface area (Å²) >= 11 is 0. The minimum Gasteiger partial charge on any atom is -0.321 e. The van der Waals surface area contributed by atoms with Crippen LogP contribution in [0.5, 0.6) is 0 Å². The van der Waals surface area contributed by atoms with Crippen molar-refractivity contribution in [3.05, 3.63) is 52.2 Å². The Labute approximate surface area is 112 Å². The number of benzene rings is 1. The van der Waals surface area contributed by atoms with Crippen molar-refractivity contribution in [3.8, 4) is 0 Å². The highest BCUT2D eigenvalue weighted by Crippen LogP contribution is 2.28. The third kappa shape index (κ3) is 2.93. The van der Waals surface area contributed by atoms with Crippen LogP contribution in [-0.4, -0.2) is 14.8 Å². The number of hydrogen-bond acceptors (Lipinski definition) is 3. The lowest BCUT2D eigenvalue weighted by Gasteiger charge is -2.26. The van der Waals surface area contributed by atoms with Crippen LogP contribution in [0.3, 0.4) is 0 Å². The molecule has 1 heterocycles. The fourth-order valence-electron chi connectivity index (χ4n) is 1.87. The molecule has 2 rings (SSSR count). The Hall–Kier alpha value is -1.88. The maximum absolute atomic E-state index is 11.9. The summed E-state index contributed by atoms with van der Waals surface area (Å²) < 4.78 is 1.60. The van der Waals surface area contributed by atoms with Gasteiger partial charge in [-0.25, -0.2) is 9.89 Å². The molecule has 1 atom stereocenters. The molecule has 0 saturated carbocycles. The van der Waals surface area contributed by atoms with Gasteiger partial charge < -0.3 is 5.73 Å². The molecule has 102 valence electrons. The van der Waals surface area contributed by atoms with Gasteiger partial charge in [0.05, 0.1) is 12.6 Å². The highest BCUT2D eigenvalue weighted by Gasteiger charge is 2.27. The molecule has 0 aliphatic rings. The number of nitrogens with two attached hydrogens (primary N) is 1. The molecule has 0 aliphatic heterocycles. The Balaban J connectivity index is 2.36. The van der Waals surface area contributed by atoms with E-state index in [4.69, 9.17) is 5.73 Å². The second-order valence-electron chi connectivity index (χ2n) is 5.80. The van der Waals surface area contributed by atoms with Crippen molar-refractivity contribution in [2.75, 3.05) is 0 Å². The predicted molar refractivity (Wildman–Crippen MR) is 74.8 cm³/mol. The Morgan fingerprint density at radius 1 is 1.32 bits per heavy atom. The first kappa shape index (κ1) is 13.5. The quantitative estimate of drug-likeness (QED) is 0.881. The molecule has 0 unspecified atom stereocenters. The number of aromatic amines is 1. The van der Waals surface area contributed by atoms with E-state index in [1.807, 2.05) is 51.1 Å². The summed E-state index contributed by atoms with van der Waals surface area (Å²) in [5.41, 5.74) is 6.87. The molecule has 2 aromatic rings. The summed E-state index contributed by atoms with van der Waals surface area (Å²) in [4.78, 5) is 11.9. The zero-order valence-electron chi connectivity index (χ0n) is 11.6. The third-order valence-electron chi connectivity index (χ3n) is 3.18. The normalized spacial score (nSPS) is 13.5. The molecule has 0 amide bonds. The zero-order valence-corrected chi connectivity index (χ0v) is 11.6. The van der Waals surface area contributed by atoms with Gasteiger partial charge in [0.15, 0.2) is 5.82 Å². The molecule has 0 spiro atoms. The molecule has 0 bridgehead atoms. The second kappa shape index (κ2) is 5.01. The van der Waals surface area contributed by atoms with E-state index >= 15 is 0 Å². The molecule has 3 N–H and O–H groups in total. The highest BCUT2D eigenvalue weighted by atomic mass is 16.1. The van der Waals surface area contributed by atoms with Gasteiger partial charge in [0.1, 0.15) is 0 Å². The second-order valence-corrected chi connectivity index (χ2v) is 5.80. The summed E-state index contributed by atoms with van der Waals surface area (Å²) in [5, 5.41) is 6.57. The van der Waals surface area contributed by atoms with Crippen molar-refractivity contribution in [3.63, 3.8) is 0 Å². The molecular weight excluding hydrogens is 240 g/mol. The topological polar surface area (TPSA) is 76.7 Å². The fourth-order valence-corrected chi connectivity index (χ4v) is 1.87. The van der Waals surface area contributed by atoms with E-state index < -0.39 is 0 Å². The first-order valence-corrected chi connectivity index (χ1v) is 6.34. The summed E-state index contributed by atoms with van der Waals surface area (Å²) in [6, 6.07) is 9.50. The molecule has 0 radical (unpaired) electrons. The standard InChI is InChI=1S/C14H20N4O/c1-14(2,3)11(15)12-16-17-13(19)18(12)9-10-7-5-4-6-8-10/h4-8,11H,9,15H2,1-3H3,(H,17,19)/t11-/m1/s1. The van der Waals surface area contributed by atoms with Crippen molar-refractivity contribution < 1.29 is 0 Å². The maximum atomic E-state index is 11.9. The van der Waals surface area contributed by atoms with E-state index in [1.165, 1.54) is 0 Å². The average Bonchev–Trinajstić information content (AvgIpc) is 2.70. The van der Waals surface area contributed by atoms with Gasteiger partial charge in [-0.2, -0.15) is 5.10 Å². The average molecular weight is 260 g/mol. The van der Waals surface area contributed by atoms with Gasteiger partial charge in [-0.05, 0) is 11.0 Å². The van der Waals surface area contributed by atoms with E-state index in [1.54, 1.807) is 4.57 Å². The van der Waals surface area contributed by atoms with Crippen LogP contribution in [0.15, 0.2) is 35.1 Å². The molecule has 19 heavy (non-hydrogen) atoms. The first-order valence-electron chi connectivity index (χ1n) is 6.34. The van der Waals surface area contributed by atoms with Crippen LogP contribution in [0.1, 0.15) is 38.2 Å². The fraction of sp³-hybridized carbons (Fsp3) is 0.429. The van der Waals surface area contributed by atoms with Gasteiger partial charge in [-0.1, -0.05) is 51.1 Å². The smallest absolute Gasteiger partial charge is 0.321 e. The van der Waals surface area contributed by atoms with Crippen LogP contribution >= 0.6 is 0 Å². The largest absolute Gasteiger partial charge is 0.343 e. The van der Waals surface area contributed by atoms with Crippen molar-refractivity contribution in [1.29, 1.82) is 0 Å². The van der Waals surface area contributed by atoms with E-state index in [0.717, 1.165) is 5.56 Å². The zero-order chi connectivity index (χ0) is 14.0. The van der Waals surface area contributed by atoms with Gasteiger partial charge in [0.2, 0.25) is 0 Å². The van der Waals surface area contributed by atoms with Crippen LogP contribution in [0.4, 0.5) is 0 Å². The van der Waals surface area contributed by atoms with E-state index in [0.29, 0.717) is 12.4 Å². The van der Waals surface area contributed by atoms with Crippen molar-refractivity contribution in [1.82, 2.24) is 14.8 Å². The van der Waals surface area contributed by atoms with Crippen LogP contribution in [0, 0.1) is 5.41 Å². The summed E-state index contributed by atoms with van der Waals surface area (Å²) in [6.45, 7) is 6.58. The van der Waals surface area contributed by atoms with E-state index in [2.05, 4.69) is 10.2 Å². The van der Waals surface area contributed by atoms with Crippen molar-refractivity contribution in [2.45, 2.75) is 33.4 Å². The first-order chi connectivity index (χ1) is 8.89. The van der Waals surface area contributed by atoms with Gasteiger partial charge in [0, 0.05) is 0 Å². The van der Waals surface area contributed by atoms with E-state index in [9.17, 15) is 4.79 Å². The molecule has 5 nitrogen and oxygen atoms in total. The molecule has 0 saturated heterocycles. The number of hydrogen-bond donors (Lipinski definition) is 2. The Morgan fingerprint density at radius 3 is 2.53 bits per heavy atom. The molecule has 0 aliphatic carbocycles. The van der Waals surface area contributed by atoms with E-state index in [-0.39, 0.29) is 17.1 Å². The lowest BCUT2D eigenvalue weighted by Crippen LogP contribution is -2.31. The number of aromatic nitrogens is 3. The molecule has 1 aromatic carbocycles. The molecular formula is C14H20N4O. The summed E-state index contributed by atoms with van der Waals surface area (Å²) in [7, 11) is 0. The minimum absolute atomic E-state index is 0.153. The number of nitrogens with one attached hydrogen (secondary N) is 1. The monoisotopic (exact) mass is 260 g/mol. The Bertz CT molecular complexity index is 592. The van der Waals surface area contributed by atoms with Gasteiger partial charge in [-0.3, -0.25) is 4.57 Å². The lowest BCUT2D eigenvalue weighted by atomic mass is 9.87. The number of nitrogens with zero attached hydrogens (tertiary/aromatic N) is 2. The van der Waals surface area contributed by atoms with Crippen LogP contribution in [0.25, 0.3) is 0 Å².